The van der Waals surface area contributed by atoms with E-state index in [-0.39, 0.29) is 5.63 Å². The molecule has 1 aromatic heterocycles. The fourth-order valence-corrected chi connectivity index (χ4v) is 2.40. The van der Waals surface area contributed by atoms with Gasteiger partial charge in [-0.2, -0.15) is 0 Å². The molecule has 2 aromatic carbocycles. The van der Waals surface area contributed by atoms with Crippen LogP contribution in [0.3, 0.4) is 0 Å². The first kappa shape index (κ1) is 17.4. The van der Waals surface area contributed by atoms with Gasteiger partial charge in [-0.05, 0) is 48.5 Å². The Hall–Kier alpha value is -3.39. The predicted octanol–water partition coefficient (Wildman–Crippen LogP) is 3.32. The van der Waals surface area contributed by atoms with Crippen molar-refractivity contribution in [2.45, 2.75) is 0 Å². The molecular weight excluding hydrogens is 330 g/mol. The van der Waals surface area contributed by atoms with Crippen LogP contribution in [0.4, 0.5) is 5.69 Å². The van der Waals surface area contributed by atoms with Crippen LogP contribution in [-0.4, -0.2) is 27.3 Å². The number of fused-ring (bicyclic) bond motifs is 1. The maximum atomic E-state index is 11.2. The summed E-state index contributed by atoms with van der Waals surface area (Å²) in [5.74, 6) is 7.63. The number of ether oxygens (including phenoxy) is 2. The SMILES string of the molecule is COc1ccc(OCC#CCN(C)c2ccc3oc(=O)ccc3c2)cc1. The van der Waals surface area contributed by atoms with Gasteiger partial charge in [-0.15, -0.1) is 0 Å². The van der Waals surface area contributed by atoms with E-state index in [0.717, 1.165) is 22.6 Å². The Morgan fingerprint density at radius 2 is 1.77 bits per heavy atom. The van der Waals surface area contributed by atoms with Crippen LogP contribution in [0.25, 0.3) is 11.0 Å². The summed E-state index contributed by atoms with van der Waals surface area (Å²) in [6.07, 6.45) is 0. The van der Waals surface area contributed by atoms with Crippen molar-refractivity contribution in [3.63, 3.8) is 0 Å². The Labute approximate surface area is 151 Å². The van der Waals surface area contributed by atoms with Gasteiger partial charge in [-0.25, -0.2) is 4.79 Å². The zero-order valence-electron chi connectivity index (χ0n) is 14.7. The van der Waals surface area contributed by atoms with Crippen molar-refractivity contribution in [2.24, 2.45) is 0 Å². The molecule has 132 valence electrons. The molecule has 26 heavy (non-hydrogen) atoms. The Bertz CT molecular complexity index is 996. The monoisotopic (exact) mass is 349 g/mol. The number of nitrogens with zero attached hydrogens (tertiary/aromatic N) is 1. The minimum atomic E-state index is -0.346. The van der Waals surface area contributed by atoms with Gasteiger partial charge in [-0.3, -0.25) is 0 Å². The molecule has 0 fully saturated rings. The van der Waals surface area contributed by atoms with Gasteiger partial charge in [0.2, 0.25) is 0 Å². The summed E-state index contributed by atoms with van der Waals surface area (Å²) in [6, 6.07) is 16.2. The summed E-state index contributed by atoms with van der Waals surface area (Å²) >= 11 is 0. The van der Waals surface area contributed by atoms with Crippen LogP contribution in [-0.2, 0) is 0 Å². The lowest BCUT2D eigenvalue weighted by Gasteiger charge is -2.16. The predicted molar refractivity (Wildman–Crippen MR) is 102 cm³/mol. The lowest BCUT2D eigenvalue weighted by Crippen LogP contribution is -2.17. The Morgan fingerprint density at radius 3 is 2.54 bits per heavy atom. The smallest absolute Gasteiger partial charge is 0.336 e. The molecule has 0 saturated heterocycles. The molecular formula is C21H19NO4. The van der Waals surface area contributed by atoms with E-state index in [1.165, 1.54) is 6.07 Å². The number of methoxy groups -OCH3 is 1. The summed E-state index contributed by atoms with van der Waals surface area (Å²) in [5, 5.41) is 0.879. The molecule has 0 amide bonds. The highest BCUT2D eigenvalue weighted by atomic mass is 16.5. The molecule has 5 heteroatoms. The maximum Gasteiger partial charge on any atom is 0.336 e. The molecule has 0 bridgehead atoms. The number of anilines is 1. The van der Waals surface area contributed by atoms with E-state index in [9.17, 15) is 4.79 Å². The molecule has 3 aromatic rings. The topological polar surface area (TPSA) is 51.9 Å². The molecule has 0 saturated carbocycles. The molecule has 0 aliphatic heterocycles. The third-order valence-electron chi connectivity index (χ3n) is 3.86. The average Bonchev–Trinajstić information content (AvgIpc) is 2.67. The molecule has 0 aliphatic carbocycles. The van der Waals surface area contributed by atoms with Crippen molar-refractivity contribution in [2.75, 3.05) is 32.2 Å². The fraction of sp³-hybridized carbons (Fsp3) is 0.190. The van der Waals surface area contributed by atoms with Gasteiger partial charge < -0.3 is 18.8 Å². The first-order chi connectivity index (χ1) is 12.7. The first-order valence-corrected chi connectivity index (χ1v) is 8.13. The third kappa shape index (κ3) is 4.37. The Morgan fingerprint density at radius 1 is 1.00 bits per heavy atom. The summed E-state index contributed by atoms with van der Waals surface area (Å²) in [7, 11) is 3.59. The highest BCUT2D eigenvalue weighted by Gasteiger charge is 2.02. The van der Waals surface area contributed by atoms with Gasteiger partial charge in [0.05, 0.1) is 13.7 Å². The van der Waals surface area contributed by atoms with Gasteiger partial charge in [-0.1, -0.05) is 11.8 Å². The molecule has 0 N–H and O–H groups in total. The normalized spacial score (nSPS) is 10.1. The molecule has 5 nitrogen and oxygen atoms in total. The van der Waals surface area contributed by atoms with E-state index in [1.54, 1.807) is 19.2 Å². The van der Waals surface area contributed by atoms with E-state index < -0.39 is 0 Å². The zero-order chi connectivity index (χ0) is 18.4. The molecule has 0 aliphatic rings. The molecule has 0 unspecified atom stereocenters. The number of hydrogen-bond acceptors (Lipinski definition) is 5. The number of benzene rings is 2. The lowest BCUT2D eigenvalue weighted by atomic mass is 10.2. The molecule has 1 heterocycles. The van der Waals surface area contributed by atoms with E-state index in [0.29, 0.717) is 18.7 Å². The lowest BCUT2D eigenvalue weighted by molar-refractivity contribution is 0.367. The summed E-state index contributed by atoms with van der Waals surface area (Å²) < 4.78 is 15.8. The second-order valence-corrected chi connectivity index (χ2v) is 5.65. The van der Waals surface area contributed by atoms with Gasteiger partial charge >= 0.3 is 5.63 Å². The highest BCUT2D eigenvalue weighted by Crippen LogP contribution is 2.20. The van der Waals surface area contributed by atoms with Crippen LogP contribution in [0.2, 0.25) is 0 Å². The van der Waals surface area contributed by atoms with Crippen LogP contribution in [0.1, 0.15) is 0 Å². The van der Waals surface area contributed by atoms with E-state index in [2.05, 4.69) is 11.8 Å². The standard InChI is InChI=1S/C21H19NO4/c1-22(17-6-11-20-16(15-17)5-12-21(23)26-20)13-3-4-14-25-19-9-7-18(24-2)8-10-19/h5-12,15H,13-14H2,1-2H3. The minimum absolute atomic E-state index is 0.322. The molecule has 3 rings (SSSR count). The van der Waals surface area contributed by atoms with E-state index in [1.807, 2.05) is 48.3 Å². The second-order valence-electron chi connectivity index (χ2n) is 5.65. The highest BCUT2D eigenvalue weighted by molar-refractivity contribution is 5.80. The summed E-state index contributed by atoms with van der Waals surface area (Å²) in [5.41, 5.74) is 1.23. The van der Waals surface area contributed by atoms with E-state index in [4.69, 9.17) is 13.9 Å². The maximum absolute atomic E-state index is 11.2. The zero-order valence-corrected chi connectivity index (χ0v) is 14.7. The van der Waals surface area contributed by atoms with Gasteiger partial charge in [0.25, 0.3) is 0 Å². The number of rotatable bonds is 5. The molecule has 0 atom stereocenters. The summed E-state index contributed by atoms with van der Waals surface area (Å²) in [4.78, 5) is 13.2. The van der Waals surface area contributed by atoms with Gasteiger partial charge in [0.15, 0.2) is 0 Å². The second kappa shape index (κ2) is 8.13. The fourth-order valence-electron chi connectivity index (χ4n) is 2.40. The average molecular weight is 349 g/mol. The largest absolute Gasteiger partial charge is 0.497 e. The molecule has 0 spiro atoms. The summed E-state index contributed by atoms with van der Waals surface area (Å²) in [6.45, 7) is 0.886. The van der Waals surface area contributed by atoms with Crippen molar-refractivity contribution in [3.05, 3.63) is 65.0 Å². The van der Waals surface area contributed by atoms with Crippen molar-refractivity contribution in [1.29, 1.82) is 0 Å². The van der Waals surface area contributed by atoms with Crippen LogP contribution < -0.4 is 20.0 Å². The molecule has 0 radical (unpaired) electrons. The van der Waals surface area contributed by atoms with Crippen molar-refractivity contribution in [3.8, 4) is 23.3 Å². The van der Waals surface area contributed by atoms with Crippen LogP contribution in [0.5, 0.6) is 11.5 Å². The van der Waals surface area contributed by atoms with Crippen LogP contribution >= 0.6 is 0 Å². The minimum Gasteiger partial charge on any atom is -0.497 e. The first-order valence-electron chi connectivity index (χ1n) is 8.13. The quantitative estimate of drug-likeness (QED) is 0.522. The Balaban J connectivity index is 1.55. The van der Waals surface area contributed by atoms with Gasteiger partial charge in [0.1, 0.15) is 23.7 Å². The Kier molecular flexibility index (Phi) is 5.45. The van der Waals surface area contributed by atoms with Crippen molar-refractivity contribution < 1.29 is 13.9 Å². The number of hydrogen-bond donors (Lipinski definition) is 0. The third-order valence-corrected chi connectivity index (χ3v) is 3.86. The van der Waals surface area contributed by atoms with Crippen LogP contribution in [0.15, 0.2) is 63.8 Å². The van der Waals surface area contributed by atoms with Crippen molar-refractivity contribution >= 4 is 16.7 Å². The van der Waals surface area contributed by atoms with Gasteiger partial charge in [0, 0.05) is 24.2 Å². The van der Waals surface area contributed by atoms with Crippen LogP contribution in [0, 0.1) is 11.8 Å². The van der Waals surface area contributed by atoms with E-state index >= 15 is 0 Å². The van der Waals surface area contributed by atoms with Crippen molar-refractivity contribution in [1.82, 2.24) is 0 Å².